The van der Waals surface area contributed by atoms with Crippen molar-refractivity contribution in [3.05, 3.63) is 59.7 Å². The van der Waals surface area contributed by atoms with Crippen LogP contribution in [-0.4, -0.2) is 30.4 Å². The number of methoxy groups -OCH3 is 1. The highest BCUT2D eigenvalue weighted by atomic mass is 16.5. The van der Waals surface area contributed by atoms with Gasteiger partial charge in [0.25, 0.3) is 0 Å². The molecule has 0 saturated carbocycles. The van der Waals surface area contributed by atoms with Crippen LogP contribution in [0.1, 0.15) is 37.3 Å². The van der Waals surface area contributed by atoms with E-state index in [1.54, 1.807) is 12.0 Å². The molecule has 2 amide bonds. The van der Waals surface area contributed by atoms with Crippen LogP contribution >= 0.6 is 0 Å². The van der Waals surface area contributed by atoms with E-state index in [4.69, 9.17) is 4.74 Å². The van der Waals surface area contributed by atoms with Gasteiger partial charge in [0.05, 0.1) is 13.0 Å². The van der Waals surface area contributed by atoms with Gasteiger partial charge in [-0.05, 0) is 29.7 Å². The van der Waals surface area contributed by atoms with Crippen molar-refractivity contribution in [1.82, 2.24) is 4.90 Å². The van der Waals surface area contributed by atoms with Gasteiger partial charge in [-0.3, -0.25) is 9.59 Å². The topological polar surface area (TPSA) is 58.6 Å². The van der Waals surface area contributed by atoms with Crippen LogP contribution in [0.2, 0.25) is 0 Å². The number of ether oxygens (including phenoxy) is 1. The lowest BCUT2D eigenvalue weighted by atomic mass is 10.0. The molecule has 1 N–H and O–H groups in total. The van der Waals surface area contributed by atoms with Gasteiger partial charge < -0.3 is 15.0 Å². The molecule has 3 rings (SSSR count). The number of amides is 2. The number of anilines is 1. The van der Waals surface area contributed by atoms with Gasteiger partial charge in [-0.15, -0.1) is 0 Å². The highest BCUT2D eigenvalue weighted by Gasteiger charge is 2.34. The first-order chi connectivity index (χ1) is 13.0. The van der Waals surface area contributed by atoms with Gasteiger partial charge in [-0.1, -0.05) is 44.2 Å². The van der Waals surface area contributed by atoms with Crippen LogP contribution < -0.4 is 10.1 Å². The lowest BCUT2D eigenvalue weighted by Gasteiger charge is -2.18. The minimum atomic E-state index is -0.336. The summed E-state index contributed by atoms with van der Waals surface area (Å²) in [4.78, 5) is 26.7. The molecule has 0 radical (unpaired) electrons. The molecule has 2 aromatic carbocycles. The van der Waals surface area contributed by atoms with Crippen LogP contribution in [0.4, 0.5) is 5.69 Å². The number of benzene rings is 2. The Labute approximate surface area is 160 Å². The molecule has 1 aliphatic heterocycles. The summed E-state index contributed by atoms with van der Waals surface area (Å²) in [5.74, 6) is 0.755. The standard InChI is InChI=1S/C22H26N2O3/c1-15(2)16-8-10-19(11-9-16)23-22(26)18-12-21(25)24(14-18)13-17-6-4-5-7-20(17)27-3/h4-11,15,18H,12-14H2,1-3H3,(H,23,26)/t18-/m1/s1. The van der Waals surface area contributed by atoms with Crippen LogP contribution in [0.3, 0.4) is 0 Å². The first-order valence-electron chi connectivity index (χ1n) is 9.28. The predicted octanol–water partition coefficient (Wildman–Crippen LogP) is 3.81. The van der Waals surface area contributed by atoms with Crippen molar-refractivity contribution in [3.8, 4) is 5.75 Å². The Bertz CT molecular complexity index is 815. The number of para-hydroxylation sites is 1. The van der Waals surface area contributed by atoms with E-state index in [-0.39, 0.29) is 24.2 Å². The van der Waals surface area contributed by atoms with Crippen molar-refractivity contribution in [2.24, 2.45) is 5.92 Å². The Kier molecular flexibility index (Phi) is 5.79. The maximum atomic E-state index is 12.6. The molecule has 0 aliphatic carbocycles. The molecule has 5 heteroatoms. The third-order valence-electron chi connectivity index (χ3n) is 4.98. The van der Waals surface area contributed by atoms with Gasteiger partial charge in [-0.2, -0.15) is 0 Å². The molecule has 5 nitrogen and oxygen atoms in total. The Balaban J connectivity index is 1.61. The monoisotopic (exact) mass is 366 g/mol. The van der Waals surface area contributed by atoms with Crippen LogP contribution in [0.5, 0.6) is 5.75 Å². The molecule has 2 aromatic rings. The SMILES string of the molecule is COc1ccccc1CN1C[C@H](C(=O)Nc2ccc(C(C)C)cc2)CC1=O. The van der Waals surface area contributed by atoms with E-state index >= 15 is 0 Å². The van der Waals surface area contributed by atoms with Gasteiger partial charge in [0.2, 0.25) is 11.8 Å². The molecule has 0 unspecified atom stereocenters. The number of hydrogen-bond acceptors (Lipinski definition) is 3. The lowest BCUT2D eigenvalue weighted by molar-refractivity contribution is -0.128. The molecule has 1 aliphatic rings. The van der Waals surface area contributed by atoms with Crippen molar-refractivity contribution in [2.75, 3.05) is 19.0 Å². The minimum Gasteiger partial charge on any atom is -0.496 e. The Morgan fingerprint density at radius 1 is 1.19 bits per heavy atom. The summed E-state index contributed by atoms with van der Waals surface area (Å²) in [5.41, 5.74) is 2.94. The molecule has 1 atom stereocenters. The average molecular weight is 366 g/mol. The Morgan fingerprint density at radius 2 is 1.89 bits per heavy atom. The van der Waals surface area contributed by atoms with E-state index in [0.717, 1.165) is 17.0 Å². The van der Waals surface area contributed by atoms with Crippen molar-refractivity contribution in [1.29, 1.82) is 0 Å². The highest BCUT2D eigenvalue weighted by molar-refractivity contribution is 5.97. The second-order valence-electron chi connectivity index (χ2n) is 7.25. The zero-order chi connectivity index (χ0) is 19.4. The van der Waals surface area contributed by atoms with Crippen molar-refractivity contribution in [2.45, 2.75) is 32.7 Å². The molecule has 1 heterocycles. The number of carbonyl (C=O) groups excluding carboxylic acids is 2. The quantitative estimate of drug-likeness (QED) is 0.846. The number of nitrogens with zero attached hydrogens (tertiary/aromatic N) is 1. The van der Waals surface area contributed by atoms with Crippen molar-refractivity contribution in [3.63, 3.8) is 0 Å². The molecule has 0 aromatic heterocycles. The summed E-state index contributed by atoms with van der Waals surface area (Å²) in [6, 6.07) is 15.5. The fourth-order valence-electron chi connectivity index (χ4n) is 3.34. The molecule has 0 bridgehead atoms. The molecule has 1 fully saturated rings. The van der Waals surface area contributed by atoms with Gasteiger partial charge in [0.15, 0.2) is 0 Å². The first kappa shape index (κ1) is 19.0. The van der Waals surface area contributed by atoms with Gasteiger partial charge in [0.1, 0.15) is 5.75 Å². The van der Waals surface area contributed by atoms with Gasteiger partial charge in [-0.25, -0.2) is 0 Å². The average Bonchev–Trinajstić information content (AvgIpc) is 3.03. The van der Waals surface area contributed by atoms with E-state index in [1.807, 2.05) is 48.5 Å². The summed E-state index contributed by atoms with van der Waals surface area (Å²) in [6.07, 6.45) is 0.241. The Morgan fingerprint density at radius 3 is 2.56 bits per heavy atom. The molecule has 0 spiro atoms. The second-order valence-corrected chi connectivity index (χ2v) is 7.25. The lowest BCUT2D eigenvalue weighted by Crippen LogP contribution is -2.28. The predicted molar refractivity (Wildman–Crippen MR) is 106 cm³/mol. The maximum absolute atomic E-state index is 12.6. The van der Waals surface area contributed by atoms with Crippen LogP contribution in [-0.2, 0) is 16.1 Å². The molecule has 1 saturated heterocycles. The van der Waals surface area contributed by atoms with Crippen molar-refractivity contribution < 1.29 is 14.3 Å². The summed E-state index contributed by atoms with van der Waals surface area (Å²) < 4.78 is 5.35. The fourth-order valence-corrected chi connectivity index (χ4v) is 3.34. The molecular formula is C22H26N2O3. The van der Waals surface area contributed by atoms with E-state index in [1.165, 1.54) is 5.56 Å². The van der Waals surface area contributed by atoms with Gasteiger partial charge in [0, 0.05) is 30.8 Å². The van der Waals surface area contributed by atoms with E-state index in [0.29, 0.717) is 19.0 Å². The summed E-state index contributed by atoms with van der Waals surface area (Å²) in [7, 11) is 1.62. The third-order valence-corrected chi connectivity index (χ3v) is 4.98. The number of rotatable bonds is 6. The van der Waals surface area contributed by atoms with E-state index in [9.17, 15) is 9.59 Å². The number of carbonyl (C=O) groups is 2. The van der Waals surface area contributed by atoms with Crippen LogP contribution in [0, 0.1) is 5.92 Å². The zero-order valence-corrected chi connectivity index (χ0v) is 16.1. The largest absolute Gasteiger partial charge is 0.496 e. The second kappa shape index (κ2) is 8.25. The van der Waals surface area contributed by atoms with Crippen LogP contribution in [0.15, 0.2) is 48.5 Å². The summed E-state index contributed by atoms with van der Waals surface area (Å²) in [5, 5.41) is 2.94. The number of nitrogens with one attached hydrogen (secondary N) is 1. The minimum absolute atomic E-state index is 0.00351. The van der Waals surface area contributed by atoms with E-state index in [2.05, 4.69) is 19.2 Å². The smallest absolute Gasteiger partial charge is 0.229 e. The molecule has 142 valence electrons. The summed E-state index contributed by atoms with van der Waals surface area (Å²) in [6.45, 7) is 5.14. The zero-order valence-electron chi connectivity index (χ0n) is 16.1. The van der Waals surface area contributed by atoms with Crippen molar-refractivity contribution >= 4 is 17.5 Å². The number of likely N-dealkylation sites (tertiary alicyclic amines) is 1. The van der Waals surface area contributed by atoms with Gasteiger partial charge >= 0.3 is 0 Å². The highest BCUT2D eigenvalue weighted by Crippen LogP contribution is 2.26. The molecule has 27 heavy (non-hydrogen) atoms. The fraction of sp³-hybridized carbons (Fsp3) is 0.364. The van der Waals surface area contributed by atoms with Crippen LogP contribution in [0.25, 0.3) is 0 Å². The molecular weight excluding hydrogens is 340 g/mol. The first-order valence-corrected chi connectivity index (χ1v) is 9.28. The summed E-state index contributed by atoms with van der Waals surface area (Å²) >= 11 is 0. The number of hydrogen-bond donors (Lipinski definition) is 1. The third kappa shape index (κ3) is 4.48. The Hall–Kier alpha value is -2.82. The maximum Gasteiger partial charge on any atom is 0.229 e. The normalized spacial score (nSPS) is 16.7. The van der Waals surface area contributed by atoms with E-state index < -0.39 is 0 Å².